The molecule has 2 aromatic carbocycles. The molecule has 102 valence electrons. The molecule has 20 heavy (non-hydrogen) atoms. The highest BCUT2D eigenvalue weighted by molar-refractivity contribution is 5.92. The van der Waals surface area contributed by atoms with Gasteiger partial charge in [-0.3, -0.25) is 9.69 Å². The van der Waals surface area contributed by atoms with Gasteiger partial charge in [0.05, 0.1) is 0 Å². The number of hydrogen-bond donors (Lipinski definition) is 1. The minimum absolute atomic E-state index is 0.369. The zero-order valence-corrected chi connectivity index (χ0v) is 11.3. The molecule has 1 fully saturated rings. The molecule has 0 saturated carbocycles. The van der Waals surface area contributed by atoms with Crippen molar-refractivity contribution in [2.24, 2.45) is 5.73 Å². The monoisotopic (exact) mass is 266 g/mol. The van der Waals surface area contributed by atoms with Gasteiger partial charge in [-0.1, -0.05) is 42.5 Å². The van der Waals surface area contributed by atoms with E-state index in [0.29, 0.717) is 11.6 Å². The Kier molecular flexibility index (Phi) is 3.52. The van der Waals surface area contributed by atoms with Crippen molar-refractivity contribution in [2.75, 3.05) is 13.1 Å². The smallest absolute Gasteiger partial charge is 0.248 e. The average Bonchev–Trinajstić information content (AvgIpc) is 3.26. The zero-order chi connectivity index (χ0) is 13.9. The second-order valence-corrected chi connectivity index (χ2v) is 5.23. The quantitative estimate of drug-likeness (QED) is 0.845. The van der Waals surface area contributed by atoms with E-state index in [-0.39, 0.29) is 5.91 Å². The summed E-state index contributed by atoms with van der Waals surface area (Å²) in [4.78, 5) is 13.5. The van der Waals surface area contributed by atoms with Crippen molar-refractivity contribution in [1.29, 1.82) is 0 Å². The first-order valence-electron chi connectivity index (χ1n) is 6.92. The molecule has 0 bridgehead atoms. The number of benzene rings is 2. The average molecular weight is 266 g/mol. The molecular formula is C17H18N2O. The number of nitrogens with zero attached hydrogens (tertiary/aromatic N) is 1. The fourth-order valence-corrected chi connectivity index (χ4v) is 2.52. The van der Waals surface area contributed by atoms with Crippen LogP contribution in [0.3, 0.4) is 0 Å². The molecular weight excluding hydrogens is 248 g/mol. The standard InChI is InChI=1S/C17H18N2O/c18-17(20)15-8-6-13(7-9-15)10-11-19-12-16(19)14-4-2-1-3-5-14/h1-9,16H,10-12H2,(H2,18,20). The first-order valence-corrected chi connectivity index (χ1v) is 6.92. The Morgan fingerprint density at radius 1 is 1.10 bits per heavy atom. The summed E-state index contributed by atoms with van der Waals surface area (Å²) in [6.45, 7) is 2.19. The second-order valence-electron chi connectivity index (χ2n) is 5.23. The van der Waals surface area contributed by atoms with Crippen molar-refractivity contribution in [3.05, 3.63) is 71.3 Å². The summed E-state index contributed by atoms with van der Waals surface area (Å²) in [6, 6.07) is 18.8. The predicted molar refractivity (Wildman–Crippen MR) is 79.4 cm³/mol. The Hall–Kier alpha value is -2.13. The molecule has 2 N–H and O–H groups in total. The molecule has 1 saturated heterocycles. The van der Waals surface area contributed by atoms with E-state index in [1.54, 1.807) is 12.1 Å². The van der Waals surface area contributed by atoms with E-state index in [4.69, 9.17) is 5.73 Å². The number of nitrogens with two attached hydrogens (primary N) is 1. The molecule has 3 heteroatoms. The molecule has 2 unspecified atom stereocenters. The Labute approximate surface area is 119 Å². The lowest BCUT2D eigenvalue weighted by Crippen LogP contribution is -2.11. The molecule has 1 amide bonds. The van der Waals surface area contributed by atoms with Gasteiger partial charge in [0.25, 0.3) is 0 Å². The predicted octanol–water partition coefficient (Wildman–Crippen LogP) is 2.38. The number of hydrogen-bond acceptors (Lipinski definition) is 2. The SMILES string of the molecule is NC(=O)c1ccc(CCN2CC2c2ccccc2)cc1. The van der Waals surface area contributed by atoms with Crippen LogP contribution >= 0.6 is 0 Å². The van der Waals surface area contributed by atoms with E-state index >= 15 is 0 Å². The lowest BCUT2D eigenvalue weighted by molar-refractivity contribution is 0.100. The van der Waals surface area contributed by atoms with Crippen molar-refractivity contribution in [3.63, 3.8) is 0 Å². The van der Waals surface area contributed by atoms with Crippen molar-refractivity contribution in [3.8, 4) is 0 Å². The van der Waals surface area contributed by atoms with Crippen molar-refractivity contribution in [1.82, 2.24) is 4.90 Å². The normalized spacial score (nSPS) is 20.6. The Balaban J connectivity index is 1.53. The van der Waals surface area contributed by atoms with Gasteiger partial charge in [-0.05, 0) is 29.7 Å². The molecule has 0 spiro atoms. The largest absolute Gasteiger partial charge is 0.366 e. The van der Waals surface area contributed by atoms with E-state index in [2.05, 4.69) is 35.2 Å². The number of carbonyl (C=O) groups is 1. The maximum Gasteiger partial charge on any atom is 0.248 e. The zero-order valence-electron chi connectivity index (χ0n) is 11.3. The number of carbonyl (C=O) groups excluding carboxylic acids is 1. The Morgan fingerprint density at radius 2 is 1.80 bits per heavy atom. The lowest BCUT2D eigenvalue weighted by atomic mass is 10.1. The van der Waals surface area contributed by atoms with Crippen LogP contribution in [0.25, 0.3) is 0 Å². The van der Waals surface area contributed by atoms with Gasteiger partial charge in [0, 0.05) is 24.7 Å². The summed E-state index contributed by atoms with van der Waals surface area (Å²) in [7, 11) is 0. The fraction of sp³-hybridized carbons (Fsp3) is 0.235. The molecule has 0 aromatic heterocycles. The maximum atomic E-state index is 11.0. The molecule has 0 aliphatic carbocycles. The van der Waals surface area contributed by atoms with Crippen molar-refractivity contribution >= 4 is 5.91 Å². The first-order chi connectivity index (χ1) is 9.74. The van der Waals surface area contributed by atoms with Crippen LogP contribution in [0.2, 0.25) is 0 Å². The molecule has 3 rings (SSSR count). The van der Waals surface area contributed by atoms with E-state index < -0.39 is 0 Å². The number of rotatable bonds is 5. The minimum Gasteiger partial charge on any atom is -0.366 e. The van der Waals surface area contributed by atoms with Gasteiger partial charge in [0.15, 0.2) is 0 Å². The van der Waals surface area contributed by atoms with Gasteiger partial charge >= 0.3 is 0 Å². The van der Waals surface area contributed by atoms with Gasteiger partial charge in [-0.25, -0.2) is 0 Å². The highest BCUT2D eigenvalue weighted by atomic mass is 16.1. The maximum absolute atomic E-state index is 11.0. The van der Waals surface area contributed by atoms with Gasteiger partial charge < -0.3 is 5.73 Å². The van der Waals surface area contributed by atoms with Crippen LogP contribution in [-0.2, 0) is 6.42 Å². The molecule has 1 aliphatic rings. The topological polar surface area (TPSA) is 46.1 Å². The van der Waals surface area contributed by atoms with Crippen molar-refractivity contribution < 1.29 is 4.79 Å². The third-order valence-corrected chi connectivity index (χ3v) is 3.83. The van der Waals surface area contributed by atoms with Gasteiger partial charge in [0.1, 0.15) is 0 Å². The van der Waals surface area contributed by atoms with E-state index in [1.165, 1.54) is 11.1 Å². The van der Waals surface area contributed by atoms with Crippen LogP contribution in [0.5, 0.6) is 0 Å². The molecule has 1 heterocycles. The molecule has 1 aliphatic heterocycles. The van der Waals surface area contributed by atoms with Gasteiger partial charge in [-0.15, -0.1) is 0 Å². The van der Waals surface area contributed by atoms with Gasteiger partial charge in [0.2, 0.25) is 5.91 Å². The summed E-state index contributed by atoms with van der Waals surface area (Å²) >= 11 is 0. The fourth-order valence-electron chi connectivity index (χ4n) is 2.52. The number of primary amides is 1. The summed E-state index contributed by atoms with van der Waals surface area (Å²) < 4.78 is 0. The molecule has 0 radical (unpaired) electrons. The summed E-state index contributed by atoms with van der Waals surface area (Å²) in [5.74, 6) is -0.369. The van der Waals surface area contributed by atoms with E-state index in [0.717, 1.165) is 19.5 Å². The lowest BCUT2D eigenvalue weighted by Gasteiger charge is -2.05. The third-order valence-electron chi connectivity index (χ3n) is 3.83. The van der Waals surface area contributed by atoms with Crippen molar-refractivity contribution in [2.45, 2.75) is 12.5 Å². The van der Waals surface area contributed by atoms with Gasteiger partial charge in [-0.2, -0.15) is 0 Å². The Bertz CT molecular complexity index is 592. The first kappa shape index (κ1) is 12.9. The van der Waals surface area contributed by atoms with E-state index in [9.17, 15) is 4.79 Å². The van der Waals surface area contributed by atoms with Crippen LogP contribution in [-0.4, -0.2) is 23.9 Å². The highest BCUT2D eigenvalue weighted by Gasteiger charge is 2.34. The minimum atomic E-state index is -0.369. The number of amides is 1. The molecule has 2 atom stereocenters. The van der Waals surface area contributed by atoms with Crippen LogP contribution in [0.15, 0.2) is 54.6 Å². The molecule has 2 aromatic rings. The summed E-state index contributed by atoms with van der Waals surface area (Å²) in [6.07, 6.45) is 1.00. The Morgan fingerprint density at radius 3 is 2.45 bits per heavy atom. The summed E-state index contributed by atoms with van der Waals surface area (Å²) in [5, 5.41) is 0. The molecule has 3 nitrogen and oxygen atoms in total. The van der Waals surface area contributed by atoms with Crippen LogP contribution in [0.1, 0.15) is 27.5 Å². The second kappa shape index (κ2) is 5.47. The van der Waals surface area contributed by atoms with E-state index in [1.807, 2.05) is 12.1 Å². The van der Waals surface area contributed by atoms with Crippen LogP contribution in [0, 0.1) is 0 Å². The summed E-state index contributed by atoms with van der Waals surface area (Å²) in [5.41, 5.74) is 8.45. The highest BCUT2D eigenvalue weighted by Crippen LogP contribution is 2.34. The van der Waals surface area contributed by atoms with Crippen LogP contribution < -0.4 is 5.73 Å². The van der Waals surface area contributed by atoms with Crippen LogP contribution in [0.4, 0.5) is 0 Å². The third kappa shape index (κ3) is 2.89.